The van der Waals surface area contributed by atoms with E-state index in [1.54, 1.807) is 0 Å². The molecule has 0 saturated carbocycles. The van der Waals surface area contributed by atoms with Crippen LogP contribution in [0.15, 0.2) is 28.7 Å². The number of oxazole rings is 1. The van der Waals surface area contributed by atoms with E-state index in [-0.39, 0.29) is 11.3 Å². The molecule has 0 spiro atoms. The molecule has 2 aliphatic rings. The largest absolute Gasteiger partial charge is 0.440 e. The number of para-hydroxylation sites is 2. The second-order valence-corrected chi connectivity index (χ2v) is 6.64. The van der Waals surface area contributed by atoms with Gasteiger partial charge in [-0.05, 0) is 31.9 Å². The Morgan fingerprint density at radius 2 is 2.00 bits per heavy atom. The van der Waals surface area contributed by atoms with Gasteiger partial charge in [0.05, 0.1) is 18.6 Å². The summed E-state index contributed by atoms with van der Waals surface area (Å²) in [5.74, 6) is 1.35. The summed E-state index contributed by atoms with van der Waals surface area (Å²) in [6.07, 6.45) is 1.82. The summed E-state index contributed by atoms with van der Waals surface area (Å²) in [4.78, 5) is 19.1. The van der Waals surface area contributed by atoms with Gasteiger partial charge in [0.15, 0.2) is 11.5 Å². The van der Waals surface area contributed by atoms with Gasteiger partial charge in [0.1, 0.15) is 5.52 Å². The van der Waals surface area contributed by atoms with Crippen LogP contribution in [0.5, 0.6) is 0 Å². The molecule has 1 amide bonds. The van der Waals surface area contributed by atoms with E-state index in [1.807, 2.05) is 36.1 Å². The first-order chi connectivity index (χ1) is 10.7. The number of carbonyl (C=O) groups excluding carboxylic acids is 1. The van der Waals surface area contributed by atoms with Crippen LogP contribution >= 0.6 is 0 Å². The third kappa shape index (κ3) is 2.20. The average Bonchev–Trinajstić information content (AvgIpc) is 2.96. The number of fused-ring (bicyclic) bond motifs is 1. The zero-order valence-electron chi connectivity index (χ0n) is 12.7. The third-order valence-electron chi connectivity index (χ3n) is 4.80. The van der Waals surface area contributed by atoms with Crippen molar-refractivity contribution in [2.24, 2.45) is 5.41 Å². The highest BCUT2D eigenvalue weighted by atomic mass is 16.5. The summed E-state index contributed by atoms with van der Waals surface area (Å²) in [6, 6.07) is 7.84. The summed E-state index contributed by atoms with van der Waals surface area (Å²) in [5.41, 5.74) is 1.45. The standard InChI is InChI=1S/C17H20N2O3/c1-17(10-21-11-17)16(20)19-8-6-12(7-9-19)15-18-13-4-2-3-5-14(13)22-15/h2-5,12H,6-11H2,1H3. The Balaban J connectivity index is 1.44. The normalized spacial score (nSPS) is 21.8. The minimum absolute atomic E-state index is 0.231. The molecule has 3 heterocycles. The van der Waals surface area contributed by atoms with E-state index in [2.05, 4.69) is 4.98 Å². The molecule has 116 valence electrons. The lowest BCUT2D eigenvalue weighted by molar-refractivity contribution is -0.169. The van der Waals surface area contributed by atoms with Gasteiger partial charge in [0, 0.05) is 19.0 Å². The number of hydrogen-bond donors (Lipinski definition) is 0. The number of amides is 1. The molecule has 5 nitrogen and oxygen atoms in total. The Kier molecular flexibility index (Phi) is 3.18. The highest BCUT2D eigenvalue weighted by Crippen LogP contribution is 2.34. The molecule has 0 aliphatic carbocycles. The fraction of sp³-hybridized carbons (Fsp3) is 0.529. The van der Waals surface area contributed by atoms with E-state index >= 15 is 0 Å². The Labute approximate surface area is 129 Å². The molecule has 1 aromatic carbocycles. The van der Waals surface area contributed by atoms with Crippen molar-refractivity contribution in [1.29, 1.82) is 0 Å². The second-order valence-electron chi connectivity index (χ2n) is 6.64. The summed E-state index contributed by atoms with van der Waals surface area (Å²) >= 11 is 0. The topological polar surface area (TPSA) is 55.6 Å². The van der Waals surface area contributed by atoms with Gasteiger partial charge in [0.2, 0.25) is 5.91 Å². The zero-order valence-corrected chi connectivity index (χ0v) is 12.7. The van der Waals surface area contributed by atoms with Gasteiger partial charge < -0.3 is 14.1 Å². The predicted octanol–water partition coefficient (Wildman–Crippen LogP) is 2.57. The summed E-state index contributed by atoms with van der Waals surface area (Å²) in [7, 11) is 0. The van der Waals surface area contributed by atoms with Crippen LogP contribution in [0.2, 0.25) is 0 Å². The van der Waals surface area contributed by atoms with Crippen molar-refractivity contribution >= 4 is 17.0 Å². The Morgan fingerprint density at radius 1 is 1.27 bits per heavy atom. The van der Waals surface area contributed by atoms with Gasteiger partial charge >= 0.3 is 0 Å². The summed E-state index contributed by atoms with van der Waals surface area (Å²) in [6.45, 7) is 4.65. The molecular formula is C17H20N2O3. The maximum Gasteiger partial charge on any atom is 0.233 e. The van der Waals surface area contributed by atoms with E-state index in [0.29, 0.717) is 19.1 Å². The van der Waals surface area contributed by atoms with Crippen LogP contribution in [0.3, 0.4) is 0 Å². The van der Waals surface area contributed by atoms with Crippen LogP contribution in [0, 0.1) is 5.41 Å². The first-order valence-corrected chi connectivity index (χ1v) is 7.88. The number of hydrogen-bond acceptors (Lipinski definition) is 4. The molecule has 0 N–H and O–H groups in total. The second kappa shape index (κ2) is 5.09. The minimum atomic E-state index is -0.301. The highest BCUT2D eigenvalue weighted by Gasteiger charge is 2.44. The van der Waals surface area contributed by atoms with Crippen molar-refractivity contribution in [3.63, 3.8) is 0 Å². The van der Waals surface area contributed by atoms with Gasteiger partial charge in [0.25, 0.3) is 0 Å². The monoisotopic (exact) mass is 300 g/mol. The van der Waals surface area contributed by atoms with E-state index in [9.17, 15) is 4.79 Å². The molecule has 0 bridgehead atoms. The Morgan fingerprint density at radius 3 is 2.64 bits per heavy atom. The van der Waals surface area contributed by atoms with Gasteiger partial charge in [-0.3, -0.25) is 4.79 Å². The smallest absolute Gasteiger partial charge is 0.233 e. The number of aromatic nitrogens is 1. The van der Waals surface area contributed by atoms with Crippen molar-refractivity contribution in [2.45, 2.75) is 25.7 Å². The number of benzene rings is 1. The van der Waals surface area contributed by atoms with Crippen LogP contribution in [0.1, 0.15) is 31.6 Å². The van der Waals surface area contributed by atoms with Crippen LogP contribution in [0.4, 0.5) is 0 Å². The number of rotatable bonds is 2. The molecule has 2 fully saturated rings. The Hall–Kier alpha value is -1.88. The number of likely N-dealkylation sites (tertiary alicyclic amines) is 1. The predicted molar refractivity (Wildman–Crippen MR) is 81.5 cm³/mol. The molecule has 2 aliphatic heterocycles. The van der Waals surface area contributed by atoms with E-state index in [0.717, 1.165) is 42.9 Å². The Bertz CT molecular complexity index is 664. The molecule has 2 saturated heterocycles. The fourth-order valence-electron chi connectivity index (χ4n) is 3.31. The fourth-order valence-corrected chi connectivity index (χ4v) is 3.31. The van der Waals surface area contributed by atoms with Gasteiger partial charge in [-0.15, -0.1) is 0 Å². The van der Waals surface area contributed by atoms with Crippen LogP contribution < -0.4 is 0 Å². The van der Waals surface area contributed by atoms with E-state index in [1.165, 1.54) is 0 Å². The molecule has 0 radical (unpaired) electrons. The molecular weight excluding hydrogens is 280 g/mol. The quantitative estimate of drug-likeness (QED) is 0.855. The van der Waals surface area contributed by atoms with Crippen LogP contribution in [0.25, 0.3) is 11.1 Å². The summed E-state index contributed by atoms with van der Waals surface area (Å²) in [5, 5.41) is 0. The van der Waals surface area contributed by atoms with Crippen molar-refractivity contribution in [1.82, 2.24) is 9.88 Å². The van der Waals surface area contributed by atoms with Crippen molar-refractivity contribution in [3.8, 4) is 0 Å². The lowest BCUT2D eigenvalue weighted by atomic mass is 9.85. The van der Waals surface area contributed by atoms with E-state index < -0.39 is 0 Å². The number of carbonyl (C=O) groups is 1. The first kappa shape index (κ1) is 13.8. The first-order valence-electron chi connectivity index (χ1n) is 7.88. The van der Waals surface area contributed by atoms with Gasteiger partial charge in [-0.25, -0.2) is 4.98 Å². The zero-order chi connectivity index (χ0) is 15.2. The molecule has 0 unspecified atom stereocenters. The molecule has 4 rings (SSSR count). The number of nitrogens with zero attached hydrogens (tertiary/aromatic N) is 2. The average molecular weight is 300 g/mol. The maximum atomic E-state index is 12.5. The molecule has 1 aromatic heterocycles. The molecule has 22 heavy (non-hydrogen) atoms. The highest BCUT2D eigenvalue weighted by molar-refractivity contribution is 5.83. The third-order valence-corrected chi connectivity index (χ3v) is 4.80. The minimum Gasteiger partial charge on any atom is -0.440 e. The van der Waals surface area contributed by atoms with Gasteiger partial charge in [-0.1, -0.05) is 12.1 Å². The van der Waals surface area contributed by atoms with Crippen LogP contribution in [-0.2, 0) is 9.53 Å². The maximum absolute atomic E-state index is 12.5. The molecule has 0 atom stereocenters. The molecule has 2 aromatic rings. The van der Waals surface area contributed by atoms with Gasteiger partial charge in [-0.2, -0.15) is 0 Å². The van der Waals surface area contributed by atoms with Crippen molar-refractivity contribution in [3.05, 3.63) is 30.2 Å². The SMILES string of the molecule is CC1(C(=O)N2CCC(c3nc4ccccc4o3)CC2)COC1. The molecule has 5 heteroatoms. The lowest BCUT2D eigenvalue weighted by Gasteiger charge is -2.42. The van der Waals surface area contributed by atoms with E-state index in [4.69, 9.17) is 9.15 Å². The number of ether oxygens (including phenoxy) is 1. The lowest BCUT2D eigenvalue weighted by Crippen LogP contribution is -2.54. The summed E-state index contributed by atoms with van der Waals surface area (Å²) < 4.78 is 11.1. The van der Waals surface area contributed by atoms with Crippen LogP contribution in [-0.4, -0.2) is 42.1 Å². The van der Waals surface area contributed by atoms with Crippen molar-refractivity contribution < 1.29 is 13.9 Å². The number of piperidine rings is 1. The van der Waals surface area contributed by atoms with Crippen molar-refractivity contribution in [2.75, 3.05) is 26.3 Å².